The predicted octanol–water partition coefficient (Wildman–Crippen LogP) is 4.03. The summed E-state index contributed by atoms with van der Waals surface area (Å²) in [4.78, 5) is 2.47. The van der Waals surface area contributed by atoms with Crippen LogP contribution < -0.4 is 4.90 Å². The zero-order chi connectivity index (χ0) is 13.0. The fourth-order valence-corrected chi connectivity index (χ4v) is 2.92. The second kappa shape index (κ2) is 5.91. The first-order valence-electron chi connectivity index (χ1n) is 7.03. The molecular weight excluding hydrogens is 220 g/mol. The van der Waals surface area contributed by atoms with Gasteiger partial charge in [-0.1, -0.05) is 19.4 Å². The maximum atomic E-state index is 9.28. The highest BCUT2D eigenvalue weighted by Crippen LogP contribution is 2.30. The normalized spacial score (nSPS) is 19.6. The SMILES string of the molecule is CCCC1CCCCN1c1cc(C)ccc1C#N. The van der Waals surface area contributed by atoms with E-state index in [1.165, 1.54) is 37.7 Å². The topological polar surface area (TPSA) is 27.0 Å². The van der Waals surface area contributed by atoms with Gasteiger partial charge in [-0.15, -0.1) is 0 Å². The Morgan fingerprint density at radius 1 is 1.39 bits per heavy atom. The van der Waals surface area contributed by atoms with Crippen molar-refractivity contribution in [3.05, 3.63) is 29.3 Å². The van der Waals surface area contributed by atoms with Crippen LogP contribution in [0.25, 0.3) is 0 Å². The minimum Gasteiger partial charge on any atom is -0.367 e. The van der Waals surface area contributed by atoms with E-state index in [-0.39, 0.29) is 0 Å². The molecule has 0 radical (unpaired) electrons. The lowest BCUT2D eigenvalue weighted by atomic mass is 9.96. The highest BCUT2D eigenvalue weighted by atomic mass is 15.2. The first-order valence-corrected chi connectivity index (χ1v) is 7.03. The van der Waals surface area contributed by atoms with Crippen molar-refractivity contribution in [2.24, 2.45) is 0 Å². The molecule has 1 atom stereocenters. The van der Waals surface area contributed by atoms with Crippen LogP contribution in [-0.2, 0) is 0 Å². The Hall–Kier alpha value is -1.49. The largest absolute Gasteiger partial charge is 0.367 e. The Morgan fingerprint density at radius 2 is 2.22 bits per heavy atom. The van der Waals surface area contributed by atoms with E-state index in [4.69, 9.17) is 0 Å². The summed E-state index contributed by atoms with van der Waals surface area (Å²) in [5.41, 5.74) is 3.21. The van der Waals surface area contributed by atoms with Crippen molar-refractivity contribution in [1.82, 2.24) is 0 Å². The molecule has 1 aliphatic heterocycles. The van der Waals surface area contributed by atoms with Crippen molar-refractivity contribution in [1.29, 1.82) is 5.26 Å². The summed E-state index contributed by atoms with van der Waals surface area (Å²) in [7, 11) is 0. The van der Waals surface area contributed by atoms with E-state index in [0.717, 1.165) is 17.8 Å². The molecule has 1 aliphatic rings. The third-order valence-corrected chi connectivity index (χ3v) is 3.83. The van der Waals surface area contributed by atoms with E-state index in [1.54, 1.807) is 0 Å². The molecule has 1 aromatic carbocycles. The van der Waals surface area contributed by atoms with Crippen LogP contribution in [0.2, 0.25) is 0 Å². The van der Waals surface area contributed by atoms with Crippen LogP contribution in [0.15, 0.2) is 18.2 Å². The van der Waals surface area contributed by atoms with Crippen LogP contribution in [0.3, 0.4) is 0 Å². The quantitative estimate of drug-likeness (QED) is 0.800. The molecule has 0 saturated carbocycles. The molecule has 1 fully saturated rings. The maximum Gasteiger partial charge on any atom is 0.101 e. The highest BCUT2D eigenvalue weighted by Gasteiger charge is 2.23. The summed E-state index contributed by atoms with van der Waals surface area (Å²) in [6, 6.07) is 9.13. The molecule has 96 valence electrons. The number of nitriles is 1. The second-order valence-corrected chi connectivity index (χ2v) is 5.26. The lowest BCUT2D eigenvalue weighted by molar-refractivity contribution is 0.434. The molecule has 1 aromatic rings. The monoisotopic (exact) mass is 242 g/mol. The Balaban J connectivity index is 2.33. The van der Waals surface area contributed by atoms with Crippen molar-refractivity contribution in [2.45, 2.75) is 52.0 Å². The van der Waals surface area contributed by atoms with Crippen molar-refractivity contribution in [3.63, 3.8) is 0 Å². The fourth-order valence-electron chi connectivity index (χ4n) is 2.92. The van der Waals surface area contributed by atoms with Crippen molar-refractivity contribution >= 4 is 5.69 Å². The van der Waals surface area contributed by atoms with Crippen LogP contribution in [0.4, 0.5) is 5.69 Å². The predicted molar refractivity (Wildman–Crippen MR) is 75.8 cm³/mol. The van der Waals surface area contributed by atoms with Crippen molar-refractivity contribution in [3.8, 4) is 6.07 Å². The Kier molecular flexibility index (Phi) is 4.25. The van der Waals surface area contributed by atoms with Gasteiger partial charge in [0, 0.05) is 12.6 Å². The van der Waals surface area contributed by atoms with E-state index < -0.39 is 0 Å². The van der Waals surface area contributed by atoms with E-state index in [0.29, 0.717) is 6.04 Å². The molecular formula is C16H22N2. The molecule has 2 heteroatoms. The van der Waals surface area contributed by atoms with Crippen LogP contribution in [0.1, 0.15) is 50.2 Å². The maximum absolute atomic E-state index is 9.28. The number of benzene rings is 1. The summed E-state index contributed by atoms with van der Waals surface area (Å²) in [5, 5.41) is 9.28. The highest BCUT2D eigenvalue weighted by molar-refractivity contribution is 5.61. The number of nitrogens with zero attached hydrogens (tertiary/aromatic N) is 2. The first-order chi connectivity index (χ1) is 8.76. The van der Waals surface area contributed by atoms with Gasteiger partial charge in [0.25, 0.3) is 0 Å². The van der Waals surface area contributed by atoms with Gasteiger partial charge in [-0.25, -0.2) is 0 Å². The Labute approximate surface area is 110 Å². The van der Waals surface area contributed by atoms with Gasteiger partial charge in [0.1, 0.15) is 6.07 Å². The first kappa shape index (κ1) is 13.0. The smallest absolute Gasteiger partial charge is 0.101 e. The van der Waals surface area contributed by atoms with E-state index >= 15 is 0 Å². The molecule has 2 nitrogen and oxygen atoms in total. The van der Waals surface area contributed by atoms with Crippen molar-refractivity contribution in [2.75, 3.05) is 11.4 Å². The fraction of sp³-hybridized carbons (Fsp3) is 0.562. The number of piperidine rings is 1. The molecule has 0 aromatic heterocycles. The minimum absolute atomic E-state index is 0.623. The van der Waals surface area contributed by atoms with E-state index in [1.807, 2.05) is 12.1 Å². The van der Waals surface area contributed by atoms with Gasteiger partial charge in [-0.2, -0.15) is 5.26 Å². The number of hydrogen-bond acceptors (Lipinski definition) is 2. The standard InChI is InChI=1S/C16H22N2/c1-3-6-15-7-4-5-10-18(15)16-11-13(2)8-9-14(16)12-17/h8-9,11,15H,3-7,10H2,1-2H3. The van der Waals surface area contributed by atoms with Gasteiger partial charge < -0.3 is 4.90 Å². The summed E-state index contributed by atoms with van der Waals surface area (Å²) in [6.07, 6.45) is 6.30. The van der Waals surface area contributed by atoms with E-state index in [9.17, 15) is 5.26 Å². The molecule has 18 heavy (non-hydrogen) atoms. The average molecular weight is 242 g/mol. The van der Waals surface area contributed by atoms with Gasteiger partial charge >= 0.3 is 0 Å². The van der Waals surface area contributed by atoms with Crippen LogP contribution in [-0.4, -0.2) is 12.6 Å². The molecule has 0 aliphatic carbocycles. The molecule has 0 spiro atoms. The number of anilines is 1. The van der Waals surface area contributed by atoms with E-state index in [2.05, 4.69) is 30.9 Å². The Morgan fingerprint density at radius 3 is 2.94 bits per heavy atom. The molecule has 0 bridgehead atoms. The van der Waals surface area contributed by atoms with Gasteiger partial charge in [-0.3, -0.25) is 0 Å². The number of rotatable bonds is 3. The molecule has 0 N–H and O–H groups in total. The molecule has 0 amide bonds. The number of aryl methyl sites for hydroxylation is 1. The second-order valence-electron chi connectivity index (χ2n) is 5.26. The molecule has 1 saturated heterocycles. The van der Waals surface area contributed by atoms with Crippen LogP contribution in [0.5, 0.6) is 0 Å². The van der Waals surface area contributed by atoms with Crippen LogP contribution in [0, 0.1) is 18.3 Å². The summed E-state index contributed by atoms with van der Waals surface area (Å²) in [6.45, 7) is 5.44. The van der Waals surface area contributed by atoms with Gasteiger partial charge in [0.05, 0.1) is 11.3 Å². The average Bonchev–Trinajstić information content (AvgIpc) is 2.40. The summed E-state index contributed by atoms with van der Waals surface area (Å²) in [5.74, 6) is 0. The molecule has 1 unspecified atom stereocenters. The van der Waals surface area contributed by atoms with Crippen molar-refractivity contribution < 1.29 is 0 Å². The lowest BCUT2D eigenvalue weighted by Gasteiger charge is -2.38. The summed E-state index contributed by atoms with van der Waals surface area (Å²) < 4.78 is 0. The molecule has 2 rings (SSSR count). The van der Waals surface area contributed by atoms with Gasteiger partial charge in [0.2, 0.25) is 0 Å². The zero-order valence-electron chi connectivity index (χ0n) is 11.4. The zero-order valence-corrected chi connectivity index (χ0v) is 11.4. The van der Waals surface area contributed by atoms with Crippen LogP contribution >= 0.6 is 0 Å². The number of hydrogen-bond donors (Lipinski definition) is 0. The third-order valence-electron chi connectivity index (χ3n) is 3.83. The lowest BCUT2D eigenvalue weighted by Crippen LogP contribution is -2.39. The summed E-state index contributed by atoms with van der Waals surface area (Å²) >= 11 is 0. The van der Waals surface area contributed by atoms with Gasteiger partial charge in [0.15, 0.2) is 0 Å². The van der Waals surface area contributed by atoms with Gasteiger partial charge in [-0.05, 0) is 50.3 Å². The minimum atomic E-state index is 0.623. The molecule has 1 heterocycles. The Bertz CT molecular complexity index is 443. The third kappa shape index (κ3) is 2.67.